The van der Waals surface area contributed by atoms with Gasteiger partial charge in [-0.3, -0.25) is 14.4 Å². The summed E-state index contributed by atoms with van der Waals surface area (Å²) in [5.74, 6) is 5.72. The van der Waals surface area contributed by atoms with Gasteiger partial charge in [0.25, 0.3) is 0 Å². The first-order valence-electron chi connectivity index (χ1n) is 25.9. The van der Waals surface area contributed by atoms with Gasteiger partial charge in [0, 0.05) is 76.4 Å². The van der Waals surface area contributed by atoms with Crippen molar-refractivity contribution in [2.24, 2.45) is 35.9 Å². The topological polar surface area (TPSA) is 226 Å². The number of aliphatic imine (C=N–C) groups is 4. The quantitative estimate of drug-likeness (QED) is 0.0835. The molecule has 4 aliphatic heterocycles. The van der Waals surface area contributed by atoms with Gasteiger partial charge in [0.15, 0.2) is 23.3 Å². The third-order valence-electron chi connectivity index (χ3n) is 13.5. The lowest BCUT2D eigenvalue weighted by molar-refractivity contribution is -0.115. The van der Waals surface area contributed by atoms with Crippen LogP contribution >= 0.6 is 0 Å². The lowest BCUT2D eigenvalue weighted by atomic mass is 9.94. The van der Waals surface area contributed by atoms with Gasteiger partial charge in [-0.05, 0) is 164 Å². The predicted octanol–water partition coefficient (Wildman–Crippen LogP) is 10.7. The number of amidine groups is 4. The highest BCUT2D eigenvalue weighted by molar-refractivity contribution is 6.24. The van der Waals surface area contributed by atoms with Gasteiger partial charge in [-0.15, -0.1) is 0 Å². The number of nitrogens with one attached hydrogen (secondary N) is 5. The molecule has 18 heteroatoms. The molecule has 0 spiro atoms. The first kappa shape index (κ1) is 49.6. The fourth-order valence-corrected chi connectivity index (χ4v) is 9.94. The number of H-pyrrole nitrogens is 1. The molecule has 0 saturated carbocycles. The van der Waals surface area contributed by atoms with E-state index in [1.807, 2.05) is 104 Å². The number of hydrogen-bond donors (Lipinski definition) is 5. The van der Waals surface area contributed by atoms with Gasteiger partial charge in [-0.2, -0.15) is 0 Å². The summed E-state index contributed by atoms with van der Waals surface area (Å²) in [5, 5.41) is 13.4. The van der Waals surface area contributed by atoms with Crippen molar-refractivity contribution in [3.8, 4) is 40.2 Å². The van der Waals surface area contributed by atoms with Crippen LogP contribution in [-0.2, 0) is 14.4 Å². The summed E-state index contributed by atoms with van der Waals surface area (Å²) in [6.45, 7) is 6.39. The first-order chi connectivity index (χ1) is 39.4. The number of amides is 3. The highest BCUT2D eigenvalue weighted by atomic mass is 16.5. The number of carbonyl (C=O) groups is 3. The van der Waals surface area contributed by atoms with Crippen LogP contribution in [0.15, 0.2) is 217 Å². The Morgan fingerprint density at radius 2 is 0.938 bits per heavy atom. The number of aryl methyl sites for hydroxylation is 1. The lowest BCUT2D eigenvalue weighted by Crippen LogP contribution is -2.28. The fraction of sp³-hybridized carbons (Fsp3) is 0.0952. The van der Waals surface area contributed by atoms with E-state index in [1.54, 1.807) is 72.8 Å². The van der Waals surface area contributed by atoms with Crippen molar-refractivity contribution in [1.82, 2.24) is 10.3 Å². The second kappa shape index (κ2) is 20.4. The second-order valence-electron chi connectivity index (χ2n) is 19.6. The molecule has 13 rings (SSSR count). The number of hydrogen-bond acceptors (Lipinski definition) is 14. The molecule has 5 aliphatic rings. The minimum atomic E-state index is -0.648. The van der Waals surface area contributed by atoms with Crippen molar-refractivity contribution in [2.45, 2.75) is 33.9 Å². The number of aromatic amines is 1. The molecule has 3 amide bonds. The highest BCUT2D eigenvalue weighted by Gasteiger charge is 2.37. The molecule has 18 nitrogen and oxygen atoms in total. The van der Waals surface area contributed by atoms with Crippen molar-refractivity contribution in [3.05, 3.63) is 226 Å². The van der Waals surface area contributed by atoms with Crippen molar-refractivity contribution in [3.63, 3.8) is 0 Å². The second-order valence-corrected chi connectivity index (χ2v) is 19.6. The summed E-state index contributed by atoms with van der Waals surface area (Å²) >= 11 is 0. The largest absolute Gasteiger partial charge is 0.458 e. The van der Waals surface area contributed by atoms with Crippen molar-refractivity contribution in [1.29, 1.82) is 0 Å². The number of benzene rings is 7. The number of allylic oxidation sites excluding steroid dienone is 2. The van der Waals surface area contributed by atoms with E-state index in [0.717, 1.165) is 11.1 Å². The van der Waals surface area contributed by atoms with Gasteiger partial charge in [0.05, 0.1) is 5.92 Å². The van der Waals surface area contributed by atoms with E-state index >= 15 is 0 Å². The molecule has 0 fully saturated rings. The monoisotopic (exact) mass is 1070 g/mol. The summed E-state index contributed by atoms with van der Waals surface area (Å²) in [6, 6.07) is 46.3. The first-order valence-corrected chi connectivity index (χ1v) is 25.9. The van der Waals surface area contributed by atoms with E-state index in [9.17, 15) is 14.4 Å². The maximum absolute atomic E-state index is 11.7. The van der Waals surface area contributed by atoms with E-state index in [4.69, 9.17) is 48.9 Å². The van der Waals surface area contributed by atoms with Crippen LogP contribution in [-0.4, -0.2) is 52.2 Å². The Morgan fingerprint density at radius 3 is 1.53 bits per heavy atom. The molecule has 2 atom stereocenters. The van der Waals surface area contributed by atoms with Crippen LogP contribution in [0.5, 0.6) is 40.2 Å². The average Bonchev–Trinajstić information content (AvgIpc) is 4.27. The summed E-state index contributed by atoms with van der Waals surface area (Å²) < 4.78 is 25.7. The summed E-state index contributed by atoms with van der Waals surface area (Å²) in [6.07, 6.45) is 5.21. The Balaban J connectivity index is 0.969. The minimum absolute atomic E-state index is 0.171. The molecule has 81 heavy (non-hydrogen) atoms. The van der Waals surface area contributed by atoms with Crippen LogP contribution in [0, 0.1) is 12.8 Å². The number of aromatic nitrogens is 1. The molecule has 7 aromatic carbocycles. The van der Waals surface area contributed by atoms with Gasteiger partial charge >= 0.3 is 0 Å². The summed E-state index contributed by atoms with van der Waals surface area (Å²) in [7, 11) is 0. The van der Waals surface area contributed by atoms with Gasteiger partial charge in [0.1, 0.15) is 69.0 Å². The molecular weight excluding hydrogens is 1020 g/mol. The molecular formula is C63H47N11O7. The number of nitrogens with zero attached hydrogens (tertiary/aromatic N) is 6. The number of anilines is 3. The van der Waals surface area contributed by atoms with E-state index < -0.39 is 12.1 Å². The zero-order chi connectivity index (χ0) is 55.3. The zero-order valence-corrected chi connectivity index (χ0v) is 43.9. The lowest BCUT2D eigenvalue weighted by Gasteiger charge is -2.19. The van der Waals surface area contributed by atoms with Crippen LogP contribution in [0.4, 0.5) is 17.1 Å². The maximum Gasteiger partial charge on any atom is 0.221 e. The molecule has 396 valence electrons. The third-order valence-corrected chi connectivity index (χ3v) is 13.5. The SMILES string of the molecule is CC(=O)Nc1ccc(OC2=CC3C(=C4N=C5N=C(N=c6[nH]c(c7ccc(Oc8ccc(NC(C)=O)cc8)cc67)=NC6=NC(=NC3N4)c3ccc(Oc4ccc(NC(C)=O)cc4)cc36)c3ccc(Oc4cccc(C)c4)cc35)C=C2)cc1. The Morgan fingerprint density at radius 1 is 0.457 bits per heavy atom. The number of carbonyl (C=O) groups excluding carboxylic acids is 3. The number of fused-ring (bicyclic) bond motifs is 17. The molecule has 2 unspecified atom stereocenters. The van der Waals surface area contributed by atoms with Gasteiger partial charge in [-0.1, -0.05) is 18.2 Å². The molecule has 1 aliphatic carbocycles. The average molecular weight is 1070 g/mol. The maximum atomic E-state index is 11.7. The molecule has 1 aromatic heterocycles. The van der Waals surface area contributed by atoms with Crippen LogP contribution in [0.1, 0.15) is 48.6 Å². The third kappa shape index (κ3) is 10.3. The molecule has 8 aromatic rings. The van der Waals surface area contributed by atoms with Gasteiger partial charge < -0.3 is 45.2 Å². The van der Waals surface area contributed by atoms with E-state index in [1.165, 1.54) is 20.8 Å². The molecule has 5 heterocycles. The Labute approximate surface area is 462 Å². The molecule has 0 radical (unpaired) electrons. The standard InChI is InChI=1S/C63H47N11O7/c1-33-6-5-7-43(28-33)81-47-23-27-51-55(32-47)63-73-58-50-26-22-46(80-42-18-12-39(13-19-42)66-36(4)77)31-54(50)61(71-58)69-56-48-24-20-44(78-40-14-8-37(9-15-40)64-34(2)75)29-52(48)60(67-56)68-57-49-25-21-45(30-53(49)62(70-57)72-59(51)74-63)79-41-16-10-38(11-17-41)65-35(3)76/h5-32,54,61,71H,1-4H3,(H,64,75)(H,65,76)(H,66,77)(H,67,68,69,70,72,73,74). The van der Waals surface area contributed by atoms with Crippen LogP contribution in [0.25, 0.3) is 10.8 Å². The van der Waals surface area contributed by atoms with Crippen LogP contribution < -0.4 is 51.2 Å². The highest BCUT2D eigenvalue weighted by Crippen LogP contribution is 2.39. The van der Waals surface area contributed by atoms with Crippen LogP contribution in [0.3, 0.4) is 0 Å². The summed E-state index contributed by atoms with van der Waals surface area (Å²) in [5.41, 5.74) is 7.51. The van der Waals surface area contributed by atoms with Crippen molar-refractivity contribution >= 4 is 68.9 Å². The normalized spacial score (nSPS) is 16.1. The molecule has 8 bridgehead atoms. The van der Waals surface area contributed by atoms with E-state index in [0.29, 0.717) is 136 Å². The Kier molecular flexibility index (Phi) is 12.5. The number of ether oxygens (including phenoxy) is 4. The predicted molar refractivity (Wildman–Crippen MR) is 309 cm³/mol. The number of rotatable bonds is 11. The zero-order valence-electron chi connectivity index (χ0n) is 43.9. The van der Waals surface area contributed by atoms with Gasteiger partial charge in [-0.25, -0.2) is 30.0 Å². The van der Waals surface area contributed by atoms with E-state index in [2.05, 4.69) is 26.3 Å². The summed E-state index contributed by atoms with van der Waals surface area (Å²) in [4.78, 5) is 70.3. The van der Waals surface area contributed by atoms with Gasteiger partial charge in [0.2, 0.25) is 17.7 Å². The Bertz CT molecular complexity index is 4340. The van der Waals surface area contributed by atoms with E-state index in [-0.39, 0.29) is 17.7 Å². The smallest absolute Gasteiger partial charge is 0.221 e. The Hall–Kier alpha value is -11.0. The molecule has 5 N–H and O–H groups in total. The fourth-order valence-electron chi connectivity index (χ4n) is 9.94. The minimum Gasteiger partial charge on any atom is -0.458 e. The van der Waals surface area contributed by atoms with Crippen LogP contribution in [0.2, 0.25) is 0 Å². The van der Waals surface area contributed by atoms with Crippen molar-refractivity contribution in [2.75, 3.05) is 16.0 Å². The van der Waals surface area contributed by atoms with Crippen molar-refractivity contribution < 1.29 is 33.3 Å². The molecule has 0 saturated heterocycles.